The maximum Gasteiger partial charge on any atom is 0.419 e. The van der Waals surface area contributed by atoms with E-state index < -0.39 is 39.1 Å². The van der Waals surface area contributed by atoms with Crippen LogP contribution in [0, 0.1) is 11.6 Å². The minimum atomic E-state index is -5.12. The highest BCUT2D eigenvalue weighted by molar-refractivity contribution is 7.92. The van der Waals surface area contributed by atoms with Crippen molar-refractivity contribution in [2.75, 3.05) is 11.8 Å². The summed E-state index contributed by atoms with van der Waals surface area (Å²) in [5, 5.41) is 0. The van der Waals surface area contributed by atoms with Crippen molar-refractivity contribution in [1.82, 2.24) is 4.98 Å². The lowest BCUT2D eigenvalue weighted by atomic mass is 10.1. The molecular formula is C18H13F5N2O3S. The van der Waals surface area contributed by atoms with Crippen LogP contribution in [0.2, 0.25) is 0 Å². The number of halogens is 5. The van der Waals surface area contributed by atoms with Gasteiger partial charge in [-0.05, 0) is 24.3 Å². The van der Waals surface area contributed by atoms with Crippen LogP contribution in [0.15, 0.2) is 53.6 Å². The summed E-state index contributed by atoms with van der Waals surface area (Å²) in [7, 11) is -2.98. The summed E-state index contributed by atoms with van der Waals surface area (Å²) >= 11 is 0. The lowest BCUT2D eigenvalue weighted by Crippen LogP contribution is -2.15. The van der Waals surface area contributed by atoms with Gasteiger partial charge in [-0.15, -0.1) is 0 Å². The van der Waals surface area contributed by atoms with Crippen molar-refractivity contribution in [1.29, 1.82) is 0 Å². The van der Waals surface area contributed by atoms with E-state index >= 15 is 0 Å². The molecule has 0 saturated carbocycles. The standard InChI is InChI=1S/C18H13F5N2O3S/c1-28-17-5-3-2-4-11(17)15-6-10(9-24-15)29(26,27)25-16-8-13(19)12(7-14(16)20)18(21,22)23/h2-9,24-25H,1H3. The fourth-order valence-corrected chi connectivity index (χ4v) is 3.65. The number of nitrogens with one attached hydrogen (secondary N) is 2. The first kappa shape index (κ1) is 20.6. The molecule has 0 radical (unpaired) electrons. The highest BCUT2D eigenvalue weighted by Gasteiger charge is 2.35. The monoisotopic (exact) mass is 432 g/mol. The van der Waals surface area contributed by atoms with Gasteiger partial charge in [-0.25, -0.2) is 17.2 Å². The molecule has 0 bridgehead atoms. The number of aromatic nitrogens is 1. The maximum atomic E-state index is 14.0. The number of ether oxygens (including phenoxy) is 1. The Labute approximate surface area is 162 Å². The molecule has 11 heteroatoms. The molecule has 2 aromatic carbocycles. The Morgan fingerprint density at radius 1 is 1.03 bits per heavy atom. The third kappa shape index (κ3) is 4.19. The number of H-pyrrole nitrogens is 1. The van der Waals surface area contributed by atoms with Crippen LogP contribution in [0.4, 0.5) is 27.6 Å². The molecule has 29 heavy (non-hydrogen) atoms. The predicted octanol–water partition coefficient (Wildman–Crippen LogP) is 4.79. The number of anilines is 1. The summed E-state index contributed by atoms with van der Waals surface area (Å²) in [5.41, 5.74) is -1.88. The van der Waals surface area contributed by atoms with Crippen LogP contribution < -0.4 is 9.46 Å². The van der Waals surface area contributed by atoms with Crippen molar-refractivity contribution in [2.45, 2.75) is 11.1 Å². The van der Waals surface area contributed by atoms with Gasteiger partial charge in [-0.2, -0.15) is 13.2 Å². The molecular weight excluding hydrogens is 419 g/mol. The van der Waals surface area contributed by atoms with E-state index in [2.05, 4.69) is 4.98 Å². The summed E-state index contributed by atoms with van der Waals surface area (Å²) in [6.07, 6.45) is -4.02. The Morgan fingerprint density at radius 2 is 1.72 bits per heavy atom. The molecule has 3 rings (SSSR count). The molecule has 2 N–H and O–H groups in total. The van der Waals surface area contributed by atoms with Crippen LogP contribution in [0.3, 0.4) is 0 Å². The number of hydrogen-bond acceptors (Lipinski definition) is 3. The lowest BCUT2D eigenvalue weighted by molar-refractivity contribution is -0.140. The van der Waals surface area contributed by atoms with E-state index in [9.17, 15) is 30.4 Å². The third-order valence-electron chi connectivity index (χ3n) is 3.97. The van der Waals surface area contributed by atoms with Crippen LogP contribution in [0.1, 0.15) is 5.56 Å². The Hall–Kier alpha value is -3.08. The van der Waals surface area contributed by atoms with Gasteiger partial charge in [-0.3, -0.25) is 4.72 Å². The van der Waals surface area contributed by atoms with Gasteiger partial charge in [0.05, 0.1) is 24.1 Å². The zero-order chi connectivity index (χ0) is 21.4. The summed E-state index contributed by atoms with van der Waals surface area (Å²) in [6, 6.07) is 7.99. The lowest BCUT2D eigenvalue weighted by Gasteiger charge is -2.12. The smallest absolute Gasteiger partial charge is 0.419 e. The van der Waals surface area contributed by atoms with E-state index in [0.717, 1.165) is 6.20 Å². The van der Waals surface area contributed by atoms with Crippen molar-refractivity contribution in [2.24, 2.45) is 0 Å². The highest BCUT2D eigenvalue weighted by Crippen LogP contribution is 2.35. The number of sulfonamides is 1. The van der Waals surface area contributed by atoms with E-state index in [1.54, 1.807) is 29.0 Å². The molecule has 0 fully saturated rings. The summed E-state index contributed by atoms with van der Waals surface area (Å²) in [5.74, 6) is -2.91. The Bertz CT molecular complexity index is 1160. The van der Waals surface area contributed by atoms with Gasteiger partial charge in [0.25, 0.3) is 10.0 Å². The van der Waals surface area contributed by atoms with Crippen LogP contribution in [0.25, 0.3) is 11.3 Å². The van der Waals surface area contributed by atoms with Crippen molar-refractivity contribution >= 4 is 15.7 Å². The summed E-state index contributed by atoms with van der Waals surface area (Å²) in [4.78, 5) is 2.39. The van der Waals surface area contributed by atoms with Crippen LogP contribution >= 0.6 is 0 Å². The van der Waals surface area contributed by atoms with Crippen molar-refractivity contribution < 1.29 is 35.1 Å². The van der Waals surface area contributed by atoms with Gasteiger partial charge >= 0.3 is 6.18 Å². The molecule has 0 spiro atoms. The fraction of sp³-hybridized carbons (Fsp3) is 0.111. The molecule has 0 aliphatic rings. The van der Waals surface area contributed by atoms with Gasteiger partial charge in [0.1, 0.15) is 22.3 Å². The van der Waals surface area contributed by atoms with Gasteiger partial charge < -0.3 is 9.72 Å². The molecule has 0 amide bonds. The second-order valence-corrected chi connectivity index (χ2v) is 7.55. The van der Waals surface area contributed by atoms with Gasteiger partial charge in [0.15, 0.2) is 0 Å². The minimum Gasteiger partial charge on any atom is -0.496 e. The zero-order valence-electron chi connectivity index (χ0n) is 14.6. The quantitative estimate of drug-likeness (QED) is 0.570. The molecule has 0 unspecified atom stereocenters. The molecule has 0 aliphatic heterocycles. The van der Waals surface area contributed by atoms with E-state index in [1.807, 2.05) is 0 Å². The largest absolute Gasteiger partial charge is 0.496 e. The highest BCUT2D eigenvalue weighted by atomic mass is 32.2. The first-order chi connectivity index (χ1) is 13.5. The average molecular weight is 432 g/mol. The molecule has 0 saturated heterocycles. The van der Waals surface area contributed by atoms with Gasteiger partial charge in [-0.1, -0.05) is 12.1 Å². The Balaban J connectivity index is 1.94. The number of benzene rings is 2. The minimum absolute atomic E-state index is 0.107. The first-order valence-corrected chi connectivity index (χ1v) is 9.42. The van der Waals surface area contributed by atoms with Gasteiger partial charge in [0, 0.05) is 17.8 Å². The topological polar surface area (TPSA) is 71.2 Å². The number of methoxy groups -OCH3 is 1. The number of alkyl halides is 3. The van der Waals surface area contributed by atoms with Crippen LogP contribution in [0.5, 0.6) is 5.75 Å². The molecule has 1 heterocycles. The van der Waals surface area contributed by atoms with E-state index in [4.69, 9.17) is 4.74 Å². The van der Waals surface area contributed by atoms with E-state index in [0.29, 0.717) is 17.0 Å². The predicted molar refractivity (Wildman–Crippen MR) is 94.9 cm³/mol. The number of aromatic amines is 1. The third-order valence-corrected chi connectivity index (χ3v) is 5.32. The van der Waals surface area contributed by atoms with Crippen LogP contribution in [-0.4, -0.2) is 20.5 Å². The fourth-order valence-electron chi connectivity index (χ4n) is 2.60. The van der Waals surface area contributed by atoms with Crippen molar-refractivity contribution in [3.63, 3.8) is 0 Å². The number of rotatable bonds is 5. The zero-order valence-corrected chi connectivity index (χ0v) is 15.5. The summed E-state index contributed by atoms with van der Waals surface area (Å²) < 4.78 is 97.4. The second-order valence-electron chi connectivity index (χ2n) is 5.86. The van der Waals surface area contributed by atoms with Crippen molar-refractivity contribution in [3.05, 3.63) is 65.9 Å². The average Bonchev–Trinajstić information content (AvgIpc) is 3.14. The Kier molecular flexibility index (Phi) is 5.26. The second kappa shape index (κ2) is 7.39. The van der Waals surface area contributed by atoms with Crippen LogP contribution in [-0.2, 0) is 16.2 Å². The number of para-hydroxylation sites is 1. The van der Waals surface area contributed by atoms with E-state index in [1.165, 1.54) is 13.2 Å². The molecule has 0 aliphatic carbocycles. The molecule has 0 atom stereocenters. The molecule has 154 valence electrons. The van der Waals surface area contributed by atoms with E-state index in [-0.39, 0.29) is 17.0 Å². The summed E-state index contributed by atoms with van der Waals surface area (Å²) in [6.45, 7) is 0. The maximum absolute atomic E-state index is 14.0. The SMILES string of the molecule is COc1ccccc1-c1cc(S(=O)(=O)Nc2cc(F)c(C(F)(F)F)cc2F)c[nH]1. The molecule has 3 aromatic rings. The normalized spacial score (nSPS) is 12.1. The van der Waals surface area contributed by atoms with Crippen molar-refractivity contribution in [3.8, 4) is 17.0 Å². The molecule has 5 nitrogen and oxygen atoms in total. The molecule has 1 aromatic heterocycles. The first-order valence-electron chi connectivity index (χ1n) is 7.94. The Morgan fingerprint density at radius 3 is 2.38 bits per heavy atom. The number of hydrogen-bond donors (Lipinski definition) is 2. The van der Waals surface area contributed by atoms with Gasteiger partial charge in [0.2, 0.25) is 0 Å².